The zero-order chi connectivity index (χ0) is 69.9. The Bertz CT molecular complexity index is 3530. The highest BCUT2D eigenvalue weighted by atomic mass is 16.5. The fraction of sp³-hybridized carbons (Fsp3) is 0.619. The van der Waals surface area contributed by atoms with Gasteiger partial charge in [-0.2, -0.15) is 0 Å². The number of fused-ring (bicyclic) bond motifs is 20. The lowest BCUT2D eigenvalue weighted by Gasteiger charge is -2.13. The van der Waals surface area contributed by atoms with Gasteiger partial charge in [-0.25, -0.2) is 29.9 Å². The van der Waals surface area contributed by atoms with E-state index in [1.165, 1.54) is 205 Å². The van der Waals surface area contributed by atoms with Crippen LogP contribution in [0.5, 0.6) is 46.0 Å². The molecule has 100 heavy (non-hydrogen) atoms. The fourth-order valence-corrected chi connectivity index (χ4v) is 14.0. The van der Waals surface area contributed by atoms with E-state index in [0.29, 0.717) is 118 Å². The number of ether oxygens (including phenoxy) is 8. The quantitative estimate of drug-likeness (QED) is 0.0343. The predicted molar refractivity (Wildman–Crippen MR) is 412 cm³/mol. The molecular formula is C84H122N8O8. The number of nitrogens with one attached hydrogen (secondary N) is 2. The molecule has 2 aliphatic heterocycles. The normalized spacial score (nSPS) is 11.8. The average Bonchev–Trinajstić information content (AvgIpc) is 1.59. The van der Waals surface area contributed by atoms with Gasteiger partial charge in [0.25, 0.3) is 0 Å². The van der Waals surface area contributed by atoms with Gasteiger partial charge in [-0.05, 0) is 74.2 Å². The number of methoxy groups -OCH3 is 4. The minimum absolute atomic E-state index is 0.426. The third-order valence-corrected chi connectivity index (χ3v) is 20.0. The van der Waals surface area contributed by atoms with Crippen molar-refractivity contribution in [3.05, 3.63) is 48.5 Å². The number of aromatic nitrogens is 8. The van der Waals surface area contributed by atoms with Crippen LogP contribution in [-0.2, 0) is 0 Å². The Balaban J connectivity index is 1.14. The molecule has 0 unspecified atom stereocenters. The standard InChI is InChI=1S/C84H122N8O8/c1-9-13-17-21-25-29-33-37-41-45-49-97-73-57-65-61(53-69(73)93-5)77-85-81(65)89-78-62-54-70(94-6)74(98-50-46-42-38-34-30-26-22-18-14-10-2)58-66(62)83(86-78)91-80-64-56-72(96-8)76(100-52-48-44-40-36-32-28-24-20-16-12-4)60-68(64)84(88-80)92-79-63-55-71(95-7)75(59-67(63)82(87-79)90-77)99-51-47-43-39-35-31-27-23-19-15-11-3/h53-60H,9-52H2,1-8H3,(H2,85,86,87,88,89,90,91,92). The zero-order valence-electron chi connectivity index (χ0n) is 62.7. The molecule has 0 atom stereocenters. The highest BCUT2D eigenvalue weighted by Gasteiger charge is 2.28. The number of nitrogens with zero attached hydrogens (tertiary/aromatic N) is 6. The Labute approximate surface area is 598 Å². The maximum atomic E-state index is 6.65. The highest BCUT2D eigenvalue weighted by molar-refractivity contribution is 6.08. The number of unbranched alkanes of at least 4 members (excludes halogenated alkanes) is 36. The molecule has 3 aromatic heterocycles. The second-order valence-corrected chi connectivity index (χ2v) is 27.9. The summed E-state index contributed by atoms with van der Waals surface area (Å²) in [7, 11) is 6.73. The average molecular weight is 1370 g/mol. The summed E-state index contributed by atoms with van der Waals surface area (Å²) in [5.41, 5.74) is 4.99. The zero-order valence-corrected chi connectivity index (χ0v) is 62.7. The van der Waals surface area contributed by atoms with Gasteiger partial charge in [0, 0.05) is 43.8 Å². The Hall–Kier alpha value is -7.36. The van der Waals surface area contributed by atoms with Crippen LogP contribution in [-0.4, -0.2) is 94.7 Å². The topological polar surface area (TPSA) is 183 Å². The van der Waals surface area contributed by atoms with Crippen LogP contribution >= 0.6 is 0 Å². The van der Waals surface area contributed by atoms with Gasteiger partial charge in [-0.1, -0.05) is 259 Å². The van der Waals surface area contributed by atoms with Gasteiger partial charge in [0.05, 0.1) is 54.9 Å². The van der Waals surface area contributed by atoms with E-state index in [0.717, 1.165) is 95.2 Å². The molecule has 9 rings (SSSR count). The van der Waals surface area contributed by atoms with Crippen molar-refractivity contribution in [2.75, 3.05) is 54.9 Å². The first kappa shape index (κ1) is 76.8. The summed E-state index contributed by atoms with van der Waals surface area (Å²) in [5.74, 6) is 6.50. The maximum Gasteiger partial charge on any atom is 0.164 e. The fourth-order valence-electron chi connectivity index (χ4n) is 14.0. The SMILES string of the molecule is CCCCCCCCCCCCOc1cc2c(cc1OC)-c1nc-2nc2[nH]c(nc3nc(nc4[nH]c(n1)c1cc(OCCCCCCCCCCCC)c(OC)cc41)-c1cc(OCCCCCCCCCCCC)c(OC)cc1-3)c1cc(OCCCCCCCCCCCC)c(OC)cc21. The van der Waals surface area contributed by atoms with Crippen LogP contribution in [0.1, 0.15) is 285 Å². The highest BCUT2D eigenvalue weighted by Crippen LogP contribution is 2.46. The summed E-state index contributed by atoms with van der Waals surface area (Å²) in [6.45, 7) is 11.3. The summed E-state index contributed by atoms with van der Waals surface area (Å²) in [6, 6.07) is 16.0. The van der Waals surface area contributed by atoms with Crippen LogP contribution in [0.3, 0.4) is 0 Å². The molecule has 2 aliphatic rings. The molecule has 0 fully saturated rings. The van der Waals surface area contributed by atoms with E-state index in [1.54, 1.807) is 28.4 Å². The van der Waals surface area contributed by atoms with E-state index in [-0.39, 0.29) is 0 Å². The van der Waals surface area contributed by atoms with E-state index in [2.05, 4.69) is 37.7 Å². The summed E-state index contributed by atoms with van der Waals surface area (Å²) in [4.78, 5) is 39.9. The molecule has 4 aromatic carbocycles. The molecule has 0 saturated carbocycles. The Morgan fingerprint density at radius 1 is 0.220 bits per heavy atom. The number of hydrogen-bond acceptors (Lipinski definition) is 14. The van der Waals surface area contributed by atoms with Crippen molar-refractivity contribution in [2.45, 2.75) is 285 Å². The summed E-state index contributed by atoms with van der Waals surface area (Å²) < 4.78 is 51.2. The molecule has 5 heterocycles. The lowest BCUT2D eigenvalue weighted by Crippen LogP contribution is -2.00. The van der Waals surface area contributed by atoms with Crippen LogP contribution < -0.4 is 37.9 Å². The number of H-pyrrole nitrogens is 2. The number of benzene rings is 4. The Morgan fingerprint density at radius 3 is 0.620 bits per heavy atom. The molecule has 16 nitrogen and oxygen atoms in total. The molecular weight excluding hydrogens is 1250 g/mol. The van der Waals surface area contributed by atoms with Crippen molar-refractivity contribution in [1.29, 1.82) is 0 Å². The van der Waals surface area contributed by atoms with Crippen molar-refractivity contribution >= 4 is 44.1 Å². The summed E-state index contributed by atoms with van der Waals surface area (Å²) >= 11 is 0. The maximum absolute atomic E-state index is 6.65. The molecule has 0 amide bonds. The van der Waals surface area contributed by atoms with Gasteiger partial charge < -0.3 is 47.9 Å². The van der Waals surface area contributed by atoms with Gasteiger partial charge in [0.2, 0.25) is 0 Å². The lowest BCUT2D eigenvalue weighted by molar-refractivity contribution is 0.285. The predicted octanol–water partition coefficient (Wildman–Crippen LogP) is 24.1. The minimum atomic E-state index is 0.426. The summed E-state index contributed by atoms with van der Waals surface area (Å²) in [6.07, 6.45) is 49.4. The van der Waals surface area contributed by atoms with Crippen molar-refractivity contribution < 1.29 is 37.9 Å². The van der Waals surface area contributed by atoms with Crippen molar-refractivity contribution in [2.24, 2.45) is 0 Å². The molecule has 0 spiro atoms. The number of rotatable bonds is 52. The molecule has 7 aromatic rings. The smallest absolute Gasteiger partial charge is 0.164 e. The number of aromatic amines is 2. The first-order valence-electron chi connectivity index (χ1n) is 39.6. The largest absolute Gasteiger partial charge is 0.493 e. The molecule has 8 bridgehead atoms. The van der Waals surface area contributed by atoms with E-state index in [4.69, 9.17) is 67.8 Å². The Morgan fingerprint density at radius 2 is 0.400 bits per heavy atom. The van der Waals surface area contributed by atoms with E-state index < -0.39 is 0 Å². The van der Waals surface area contributed by atoms with E-state index in [9.17, 15) is 0 Å². The molecule has 546 valence electrons. The second kappa shape index (κ2) is 42.8. The minimum Gasteiger partial charge on any atom is -0.493 e. The van der Waals surface area contributed by atoms with Crippen molar-refractivity contribution in [1.82, 2.24) is 39.9 Å². The third-order valence-electron chi connectivity index (χ3n) is 20.0. The first-order chi connectivity index (χ1) is 49.3. The molecule has 0 aliphatic carbocycles. The molecule has 0 saturated heterocycles. The molecule has 0 radical (unpaired) electrons. The van der Waals surface area contributed by atoms with Gasteiger partial charge in [0.1, 0.15) is 22.6 Å². The summed E-state index contributed by atoms with van der Waals surface area (Å²) in [5, 5.41) is 3.04. The van der Waals surface area contributed by atoms with Crippen LogP contribution in [0.2, 0.25) is 0 Å². The third kappa shape index (κ3) is 22.3. The van der Waals surface area contributed by atoms with Crippen LogP contribution in [0.25, 0.3) is 89.7 Å². The van der Waals surface area contributed by atoms with Crippen LogP contribution in [0, 0.1) is 0 Å². The second-order valence-electron chi connectivity index (χ2n) is 27.9. The van der Waals surface area contributed by atoms with Gasteiger partial charge in [-0.15, -0.1) is 0 Å². The van der Waals surface area contributed by atoms with Gasteiger partial charge >= 0.3 is 0 Å². The van der Waals surface area contributed by atoms with Gasteiger partial charge in [0.15, 0.2) is 69.3 Å². The Kier molecular flexibility index (Phi) is 32.9. The number of hydrogen-bond donors (Lipinski definition) is 2. The molecule has 2 N–H and O–H groups in total. The van der Waals surface area contributed by atoms with Crippen LogP contribution in [0.15, 0.2) is 48.5 Å². The van der Waals surface area contributed by atoms with Crippen molar-refractivity contribution in [3.8, 4) is 91.5 Å². The van der Waals surface area contributed by atoms with Gasteiger partial charge in [-0.3, -0.25) is 0 Å². The molecule has 16 heteroatoms. The monoisotopic (exact) mass is 1370 g/mol. The van der Waals surface area contributed by atoms with Crippen molar-refractivity contribution in [3.63, 3.8) is 0 Å². The first-order valence-corrected chi connectivity index (χ1v) is 39.6. The van der Waals surface area contributed by atoms with Crippen LogP contribution in [0.4, 0.5) is 0 Å². The van der Waals surface area contributed by atoms with E-state index >= 15 is 0 Å². The van der Waals surface area contributed by atoms with E-state index in [1.807, 2.05) is 48.5 Å². The lowest BCUT2D eigenvalue weighted by atomic mass is 10.1.